The van der Waals surface area contributed by atoms with Gasteiger partial charge in [-0.1, -0.05) is 97.1 Å². The van der Waals surface area contributed by atoms with E-state index >= 15 is 0 Å². The summed E-state index contributed by atoms with van der Waals surface area (Å²) in [5.41, 5.74) is 8.30. The van der Waals surface area contributed by atoms with Gasteiger partial charge in [0.2, 0.25) is 0 Å². The van der Waals surface area contributed by atoms with E-state index in [9.17, 15) is 0 Å². The molecule has 0 spiro atoms. The van der Waals surface area contributed by atoms with Crippen LogP contribution in [0.4, 0.5) is 11.4 Å². The molecule has 0 saturated heterocycles. The third-order valence-electron chi connectivity index (χ3n) is 7.17. The van der Waals surface area contributed by atoms with Crippen molar-refractivity contribution in [3.8, 4) is 5.69 Å². The summed E-state index contributed by atoms with van der Waals surface area (Å²) >= 11 is 0. The number of aromatic nitrogens is 2. The molecule has 0 saturated carbocycles. The first-order chi connectivity index (χ1) is 19.4. The number of hydrogen-bond donors (Lipinski definition) is 2. The highest BCUT2D eigenvalue weighted by Crippen LogP contribution is 2.38. The topological polar surface area (TPSA) is 32.8 Å². The number of hydrogen-bond acceptors (Lipinski definition) is 1. The van der Waals surface area contributed by atoms with Crippen LogP contribution in [0.2, 0.25) is 0 Å². The molecule has 3 nitrogen and oxygen atoms in total. The lowest BCUT2D eigenvalue weighted by atomic mass is 10.1. The zero-order valence-electron chi connectivity index (χ0n) is 21.4. The molecule has 0 fully saturated rings. The predicted molar refractivity (Wildman–Crippen MR) is 166 cm³/mol. The molecule has 0 radical (unpaired) electrons. The quantitative estimate of drug-likeness (QED) is 0.248. The lowest BCUT2D eigenvalue weighted by Crippen LogP contribution is -1.92. The number of benzene rings is 6. The molecule has 8 rings (SSSR count). The Labute approximate surface area is 227 Å². The Morgan fingerprint density at radius 3 is 1.69 bits per heavy atom. The van der Waals surface area contributed by atoms with Crippen LogP contribution in [-0.2, 0) is 0 Å². The van der Waals surface area contributed by atoms with E-state index in [-0.39, 0.29) is 0 Å². The lowest BCUT2D eigenvalue weighted by Gasteiger charge is -2.07. The first-order valence-electron chi connectivity index (χ1n) is 13.2. The Kier molecular flexibility index (Phi) is 5.80. The van der Waals surface area contributed by atoms with Crippen molar-refractivity contribution >= 4 is 55.0 Å². The minimum atomic E-state index is 1.12. The van der Waals surface area contributed by atoms with Crippen molar-refractivity contribution in [1.82, 2.24) is 9.55 Å². The highest BCUT2D eigenvalue weighted by Gasteiger charge is 2.16. The Morgan fingerprint density at radius 2 is 1.00 bits per heavy atom. The predicted octanol–water partition coefficient (Wildman–Crippen LogP) is 9.85. The summed E-state index contributed by atoms with van der Waals surface area (Å²) < 4.78 is 2.36. The van der Waals surface area contributed by atoms with Crippen LogP contribution in [0.5, 0.6) is 0 Å². The fraction of sp³-hybridized carbons (Fsp3) is 0. The molecule has 2 N–H and O–H groups in total. The summed E-state index contributed by atoms with van der Waals surface area (Å²) in [5.74, 6) is 0. The summed E-state index contributed by atoms with van der Waals surface area (Å²) in [4.78, 5) is 3.66. The molecule has 0 atom stereocenters. The molecular formula is C36H27N3. The first kappa shape index (κ1) is 22.9. The average molecular weight is 502 g/mol. The van der Waals surface area contributed by atoms with Crippen LogP contribution >= 0.6 is 0 Å². The van der Waals surface area contributed by atoms with Gasteiger partial charge >= 0.3 is 0 Å². The van der Waals surface area contributed by atoms with Crippen LogP contribution in [0.15, 0.2) is 152 Å². The fourth-order valence-corrected chi connectivity index (χ4v) is 5.44. The second kappa shape index (κ2) is 9.88. The number of nitrogens with one attached hydrogen (secondary N) is 2. The highest BCUT2D eigenvalue weighted by atomic mass is 15.0. The van der Waals surface area contributed by atoms with Crippen molar-refractivity contribution in [2.45, 2.75) is 0 Å². The van der Waals surface area contributed by atoms with Gasteiger partial charge in [-0.25, -0.2) is 0 Å². The van der Waals surface area contributed by atoms with E-state index in [2.05, 4.69) is 106 Å². The van der Waals surface area contributed by atoms with Crippen molar-refractivity contribution in [3.63, 3.8) is 0 Å². The van der Waals surface area contributed by atoms with Gasteiger partial charge in [-0.15, -0.1) is 0 Å². The van der Waals surface area contributed by atoms with E-state index in [4.69, 9.17) is 0 Å². The van der Waals surface area contributed by atoms with E-state index in [0.717, 1.165) is 11.4 Å². The second-order valence-corrected chi connectivity index (χ2v) is 9.60. The fourth-order valence-electron chi connectivity index (χ4n) is 5.44. The minimum Gasteiger partial charge on any atom is -0.356 e. The number of aromatic amines is 1. The molecule has 2 heterocycles. The molecule has 8 aromatic rings. The van der Waals surface area contributed by atoms with Crippen molar-refractivity contribution in [2.75, 3.05) is 5.32 Å². The molecule has 0 aliphatic rings. The van der Waals surface area contributed by atoms with E-state index in [1.54, 1.807) is 0 Å². The largest absolute Gasteiger partial charge is 0.356 e. The van der Waals surface area contributed by atoms with Crippen molar-refractivity contribution in [2.24, 2.45) is 0 Å². The lowest BCUT2D eigenvalue weighted by molar-refractivity contribution is 1.18. The number of anilines is 2. The SMILES string of the molecule is c1ccc(-n2c3ccccc3c3c4[nH]c5ccccc5c4ccc32)cc1.c1ccc(Nc2ccccc2)cc1. The summed E-state index contributed by atoms with van der Waals surface area (Å²) in [6.45, 7) is 0. The second-order valence-electron chi connectivity index (χ2n) is 9.60. The summed E-state index contributed by atoms with van der Waals surface area (Å²) in [6, 6.07) is 52.6. The number of nitrogens with zero attached hydrogens (tertiary/aromatic N) is 1. The van der Waals surface area contributed by atoms with E-state index in [0.29, 0.717) is 0 Å². The molecule has 2 aromatic heterocycles. The number of para-hydroxylation sites is 5. The van der Waals surface area contributed by atoms with Crippen LogP contribution in [0.1, 0.15) is 0 Å². The van der Waals surface area contributed by atoms with Crippen LogP contribution < -0.4 is 5.32 Å². The molecule has 186 valence electrons. The van der Waals surface area contributed by atoms with Crippen molar-refractivity contribution < 1.29 is 0 Å². The molecule has 6 aromatic carbocycles. The third kappa shape index (κ3) is 4.20. The van der Waals surface area contributed by atoms with Gasteiger partial charge < -0.3 is 14.9 Å². The molecule has 3 heteroatoms. The number of rotatable bonds is 3. The maximum absolute atomic E-state index is 3.66. The van der Waals surface area contributed by atoms with Gasteiger partial charge in [0.05, 0.1) is 16.6 Å². The van der Waals surface area contributed by atoms with E-state index in [1.165, 1.54) is 49.3 Å². The van der Waals surface area contributed by atoms with Gasteiger partial charge in [0.25, 0.3) is 0 Å². The van der Waals surface area contributed by atoms with Gasteiger partial charge in [0.15, 0.2) is 0 Å². The van der Waals surface area contributed by atoms with Crippen LogP contribution in [0, 0.1) is 0 Å². The standard InChI is InChI=1S/C24H16N2.C12H11N/c1-2-8-16(9-3-1)26-21-13-7-5-11-19(21)23-22(26)15-14-18-17-10-4-6-12-20(17)25-24(18)23;1-3-7-11(8-4-1)13-12-9-5-2-6-10-12/h1-15,25H;1-10,13H. The molecular weight excluding hydrogens is 474 g/mol. The summed E-state index contributed by atoms with van der Waals surface area (Å²) in [5, 5.41) is 8.44. The number of H-pyrrole nitrogens is 1. The minimum absolute atomic E-state index is 1.12. The maximum Gasteiger partial charge on any atom is 0.0566 e. The smallest absolute Gasteiger partial charge is 0.0566 e. The van der Waals surface area contributed by atoms with Crippen molar-refractivity contribution in [1.29, 1.82) is 0 Å². The number of fused-ring (bicyclic) bond motifs is 7. The zero-order valence-corrected chi connectivity index (χ0v) is 21.4. The van der Waals surface area contributed by atoms with Gasteiger partial charge in [-0.3, -0.25) is 0 Å². The van der Waals surface area contributed by atoms with Gasteiger partial charge in [0.1, 0.15) is 0 Å². The molecule has 0 amide bonds. The molecule has 0 unspecified atom stereocenters. The Morgan fingerprint density at radius 1 is 0.436 bits per heavy atom. The van der Waals surface area contributed by atoms with Crippen molar-refractivity contribution in [3.05, 3.63) is 152 Å². The zero-order chi connectivity index (χ0) is 26.0. The molecule has 0 aliphatic heterocycles. The van der Waals surface area contributed by atoms with Gasteiger partial charge in [0, 0.05) is 44.1 Å². The van der Waals surface area contributed by atoms with Crippen LogP contribution in [0.3, 0.4) is 0 Å². The highest BCUT2D eigenvalue weighted by molar-refractivity contribution is 6.25. The van der Waals surface area contributed by atoms with Gasteiger partial charge in [-0.05, 0) is 54.6 Å². The van der Waals surface area contributed by atoms with Gasteiger partial charge in [-0.2, -0.15) is 0 Å². The Bertz CT molecular complexity index is 1980. The molecule has 0 aliphatic carbocycles. The van der Waals surface area contributed by atoms with Crippen LogP contribution in [-0.4, -0.2) is 9.55 Å². The normalized spacial score (nSPS) is 11.1. The summed E-state index contributed by atoms with van der Waals surface area (Å²) in [7, 11) is 0. The first-order valence-corrected chi connectivity index (χ1v) is 13.2. The average Bonchev–Trinajstić information content (AvgIpc) is 3.55. The maximum atomic E-state index is 3.66. The molecule has 0 bridgehead atoms. The molecule has 39 heavy (non-hydrogen) atoms. The van der Waals surface area contributed by atoms with E-state index in [1.807, 2.05) is 60.7 Å². The summed E-state index contributed by atoms with van der Waals surface area (Å²) in [6.07, 6.45) is 0. The monoisotopic (exact) mass is 501 g/mol. The third-order valence-corrected chi connectivity index (χ3v) is 7.17. The Balaban J connectivity index is 0.000000164. The Hall–Kier alpha value is -5.28. The van der Waals surface area contributed by atoms with E-state index < -0.39 is 0 Å². The van der Waals surface area contributed by atoms with Crippen LogP contribution in [0.25, 0.3) is 49.3 Å².